The third kappa shape index (κ3) is 3.88. The van der Waals surface area contributed by atoms with E-state index in [1.165, 1.54) is 37.7 Å². The minimum Gasteiger partial charge on any atom is -0.310 e. The molecule has 3 heteroatoms. The fourth-order valence-electron chi connectivity index (χ4n) is 2.94. The van der Waals surface area contributed by atoms with Crippen molar-refractivity contribution in [3.63, 3.8) is 0 Å². The first-order valence-corrected chi connectivity index (χ1v) is 7.64. The molecule has 0 spiro atoms. The SMILES string of the molecule is CCNC(CC1CCCC1)c1cc(Cl)cc(Cl)c1. The Balaban J connectivity index is 2.11. The molecule has 0 bridgehead atoms. The summed E-state index contributed by atoms with van der Waals surface area (Å²) in [5, 5.41) is 5.02. The van der Waals surface area contributed by atoms with Gasteiger partial charge in [-0.25, -0.2) is 0 Å². The van der Waals surface area contributed by atoms with E-state index in [1.54, 1.807) is 6.07 Å². The number of nitrogens with one attached hydrogen (secondary N) is 1. The molecule has 1 unspecified atom stereocenters. The predicted octanol–water partition coefficient (Wildman–Crippen LogP) is 5.22. The molecule has 0 saturated heterocycles. The van der Waals surface area contributed by atoms with Crippen LogP contribution in [0.1, 0.15) is 50.6 Å². The van der Waals surface area contributed by atoms with E-state index in [0.29, 0.717) is 6.04 Å². The summed E-state index contributed by atoms with van der Waals surface area (Å²) < 4.78 is 0. The van der Waals surface area contributed by atoms with E-state index in [4.69, 9.17) is 23.2 Å². The van der Waals surface area contributed by atoms with E-state index in [2.05, 4.69) is 12.2 Å². The van der Waals surface area contributed by atoms with Gasteiger partial charge < -0.3 is 5.32 Å². The Bertz CT molecular complexity index is 366. The molecule has 0 radical (unpaired) electrons. The molecule has 1 aromatic rings. The van der Waals surface area contributed by atoms with Crippen LogP contribution in [0.5, 0.6) is 0 Å². The van der Waals surface area contributed by atoms with Crippen molar-refractivity contribution in [3.8, 4) is 0 Å². The van der Waals surface area contributed by atoms with Gasteiger partial charge in [0.25, 0.3) is 0 Å². The van der Waals surface area contributed by atoms with Gasteiger partial charge in [-0.15, -0.1) is 0 Å². The average molecular weight is 286 g/mol. The topological polar surface area (TPSA) is 12.0 Å². The van der Waals surface area contributed by atoms with E-state index in [-0.39, 0.29) is 0 Å². The van der Waals surface area contributed by atoms with Crippen LogP contribution < -0.4 is 5.32 Å². The molecule has 1 fully saturated rings. The second kappa shape index (κ2) is 6.79. The van der Waals surface area contributed by atoms with Crippen LogP contribution in [0.2, 0.25) is 10.0 Å². The minimum absolute atomic E-state index is 0.384. The highest BCUT2D eigenvalue weighted by atomic mass is 35.5. The largest absolute Gasteiger partial charge is 0.310 e. The van der Waals surface area contributed by atoms with E-state index in [0.717, 1.165) is 22.5 Å². The van der Waals surface area contributed by atoms with Crippen molar-refractivity contribution in [1.29, 1.82) is 0 Å². The molecule has 2 rings (SSSR count). The summed E-state index contributed by atoms with van der Waals surface area (Å²) in [5.74, 6) is 0.854. The van der Waals surface area contributed by atoms with Gasteiger partial charge in [0.1, 0.15) is 0 Å². The molecule has 0 aliphatic heterocycles. The smallest absolute Gasteiger partial charge is 0.0424 e. The molecular weight excluding hydrogens is 265 g/mol. The van der Waals surface area contributed by atoms with Gasteiger partial charge in [0, 0.05) is 16.1 Å². The van der Waals surface area contributed by atoms with Crippen molar-refractivity contribution in [3.05, 3.63) is 33.8 Å². The molecule has 18 heavy (non-hydrogen) atoms. The van der Waals surface area contributed by atoms with Gasteiger partial charge in [-0.2, -0.15) is 0 Å². The van der Waals surface area contributed by atoms with Crippen LogP contribution in [0.15, 0.2) is 18.2 Å². The van der Waals surface area contributed by atoms with Crippen molar-refractivity contribution in [1.82, 2.24) is 5.32 Å². The molecule has 1 aliphatic rings. The Labute approximate surface area is 120 Å². The normalized spacial score (nSPS) is 18.2. The molecule has 1 N–H and O–H groups in total. The van der Waals surface area contributed by atoms with Crippen LogP contribution in [0.25, 0.3) is 0 Å². The van der Waals surface area contributed by atoms with E-state index < -0.39 is 0 Å². The number of halogens is 2. The van der Waals surface area contributed by atoms with Gasteiger partial charge in [0.2, 0.25) is 0 Å². The lowest BCUT2D eigenvalue weighted by Crippen LogP contribution is -2.23. The summed E-state index contributed by atoms with van der Waals surface area (Å²) in [7, 11) is 0. The van der Waals surface area contributed by atoms with E-state index in [9.17, 15) is 0 Å². The first kappa shape index (κ1) is 14.2. The van der Waals surface area contributed by atoms with Crippen molar-refractivity contribution in [2.75, 3.05) is 6.54 Å². The fraction of sp³-hybridized carbons (Fsp3) is 0.600. The molecule has 1 aromatic carbocycles. The van der Waals surface area contributed by atoms with Gasteiger partial charge in [0.05, 0.1) is 0 Å². The van der Waals surface area contributed by atoms with Crippen LogP contribution in [-0.4, -0.2) is 6.54 Å². The first-order valence-electron chi connectivity index (χ1n) is 6.88. The average Bonchev–Trinajstić information content (AvgIpc) is 2.80. The molecule has 100 valence electrons. The lowest BCUT2D eigenvalue weighted by Gasteiger charge is -2.22. The highest BCUT2D eigenvalue weighted by Gasteiger charge is 2.21. The highest BCUT2D eigenvalue weighted by Crippen LogP contribution is 2.34. The van der Waals surface area contributed by atoms with Crippen LogP contribution in [0, 0.1) is 5.92 Å². The van der Waals surface area contributed by atoms with Gasteiger partial charge in [-0.05, 0) is 42.6 Å². The van der Waals surface area contributed by atoms with Gasteiger partial charge >= 0.3 is 0 Å². The fourth-order valence-corrected chi connectivity index (χ4v) is 3.48. The van der Waals surface area contributed by atoms with E-state index in [1.807, 2.05) is 12.1 Å². The summed E-state index contributed by atoms with van der Waals surface area (Å²) in [6.45, 7) is 3.12. The summed E-state index contributed by atoms with van der Waals surface area (Å²) in [4.78, 5) is 0. The molecule has 1 saturated carbocycles. The second-order valence-corrected chi connectivity index (χ2v) is 6.07. The molecule has 0 aromatic heterocycles. The zero-order chi connectivity index (χ0) is 13.0. The lowest BCUT2D eigenvalue weighted by atomic mass is 9.93. The van der Waals surface area contributed by atoms with Crippen molar-refractivity contribution >= 4 is 23.2 Å². The highest BCUT2D eigenvalue weighted by molar-refractivity contribution is 6.34. The first-order chi connectivity index (χ1) is 8.69. The summed E-state index contributed by atoms with van der Waals surface area (Å²) in [5.41, 5.74) is 1.22. The Kier molecular flexibility index (Phi) is 5.35. The molecule has 0 heterocycles. The van der Waals surface area contributed by atoms with Gasteiger partial charge in [-0.1, -0.05) is 55.8 Å². The molecule has 1 atom stereocenters. The standard InChI is InChI=1S/C15H21Cl2N/c1-2-18-15(7-11-5-3-4-6-11)12-8-13(16)10-14(17)9-12/h8-11,15,18H,2-7H2,1H3. The number of hydrogen-bond donors (Lipinski definition) is 1. The molecular formula is C15H21Cl2N. The third-order valence-corrected chi connectivity index (χ3v) is 4.22. The van der Waals surface area contributed by atoms with Crippen LogP contribution in [0.3, 0.4) is 0 Å². The van der Waals surface area contributed by atoms with Crippen molar-refractivity contribution in [2.24, 2.45) is 5.92 Å². The van der Waals surface area contributed by atoms with Crippen molar-refractivity contribution < 1.29 is 0 Å². The maximum Gasteiger partial charge on any atom is 0.0424 e. The van der Waals surface area contributed by atoms with Crippen molar-refractivity contribution in [2.45, 2.75) is 45.1 Å². The summed E-state index contributed by atoms with van der Waals surface area (Å²) in [6, 6.07) is 6.26. The number of hydrogen-bond acceptors (Lipinski definition) is 1. The Morgan fingerprint density at radius 2 is 1.78 bits per heavy atom. The van der Waals surface area contributed by atoms with Crippen LogP contribution in [0.4, 0.5) is 0 Å². The molecule has 0 amide bonds. The third-order valence-electron chi connectivity index (χ3n) is 3.78. The molecule has 1 aliphatic carbocycles. The molecule has 1 nitrogen and oxygen atoms in total. The Morgan fingerprint density at radius 3 is 2.33 bits per heavy atom. The zero-order valence-corrected chi connectivity index (χ0v) is 12.4. The second-order valence-electron chi connectivity index (χ2n) is 5.20. The summed E-state index contributed by atoms with van der Waals surface area (Å²) in [6.07, 6.45) is 6.72. The Morgan fingerprint density at radius 1 is 1.17 bits per heavy atom. The zero-order valence-electron chi connectivity index (χ0n) is 10.9. The lowest BCUT2D eigenvalue weighted by molar-refractivity contribution is 0.401. The summed E-state index contributed by atoms with van der Waals surface area (Å²) >= 11 is 12.2. The number of benzene rings is 1. The van der Waals surface area contributed by atoms with E-state index >= 15 is 0 Å². The number of rotatable bonds is 5. The Hall–Kier alpha value is -0.240. The maximum atomic E-state index is 6.10. The maximum absolute atomic E-state index is 6.10. The van der Waals surface area contributed by atoms with Gasteiger partial charge in [0.15, 0.2) is 0 Å². The van der Waals surface area contributed by atoms with Crippen LogP contribution in [-0.2, 0) is 0 Å². The van der Waals surface area contributed by atoms with Crippen LogP contribution >= 0.6 is 23.2 Å². The van der Waals surface area contributed by atoms with Gasteiger partial charge in [-0.3, -0.25) is 0 Å². The monoisotopic (exact) mass is 285 g/mol. The predicted molar refractivity (Wildman–Crippen MR) is 79.5 cm³/mol. The quantitative estimate of drug-likeness (QED) is 0.782. The minimum atomic E-state index is 0.384.